The van der Waals surface area contributed by atoms with E-state index in [1.807, 2.05) is 30.3 Å². The van der Waals surface area contributed by atoms with Gasteiger partial charge >= 0.3 is 0 Å². The Kier molecular flexibility index (Phi) is 4.53. The Labute approximate surface area is 161 Å². The highest BCUT2D eigenvalue weighted by atomic mass is 16.6. The summed E-state index contributed by atoms with van der Waals surface area (Å²) < 4.78 is 0. The minimum atomic E-state index is -0.472. The topological polar surface area (TPSA) is 103 Å². The van der Waals surface area contributed by atoms with E-state index < -0.39 is 10.8 Å². The molecule has 7 nitrogen and oxygen atoms in total. The van der Waals surface area contributed by atoms with Crippen LogP contribution in [0.4, 0.5) is 5.69 Å². The van der Waals surface area contributed by atoms with Crippen LogP contribution in [0, 0.1) is 21.4 Å². The largest absolute Gasteiger partial charge is 0.360 e. The number of benzene rings is 2. The van der Waals surface area contributed by atoms with Crippen LogP contribution in [0.3, 0.4) is 0 Å². The summed E-state index contributed by atoms with van der Waals surface area (Å²) in [6.45, 7) is 0.566. The molecular formula is C21H18N4O3. The van der Waals surface area contributed by atoms with Gasteiger partial charge in [0.25, 0.3) is 11.6 Å². The highest BCUT2D eigenvalue weighted by Gasteiger charge is 2.36. The van der Waals surface area contributed by atoms with Crippen molar-refractivity contribution in [2.75, 3.05) is 6.54 Å². The molecule has 28 heavy (non-hydrogen) atoms. The first-order valence-electron chi connectivity index (χ1n) is 9.11. The number of H-pyrrole nitrogens is 1. The summed E-state index contributed by atoms with van der Waals surface area (Å²) in [5, 5.41) is 21.4. The summed E-state index contributed by atoms with van der Waals surface area (Å²) in [5.74, 6) is -0.613. The Bertz CT molecular complexity index is 1080. The number of nitro benzene ring substituents is 1. The number of hydrogen-bond acceptors (Lipinski definition) is 4. The van der Waals surface area contributed by atoms with Crippen molar-refractivity contribution in [3.8, 4) is 6.07 Å². The molecule has 2 unspecified atom stereocenters. The molecule has 7 heteroatoms. The maximum Gasteiger partial charge on any atom is 0.270 e. The zero-order valence-electron chi connectivity index (χ0n) is 15.0. The van der Waals surface area contributed by atoms with Crippen LogP contribution in [0.15, 0.2) is 54.7 Å². The molecule has 1 aromatic heterocycles. The number of nitrogens with one attached hydrogen (secondary N) is 1. The lowest BCUT2D eigenvalue weighted by molar-refractivity contribution is -0.384. The number of amides is 1. The second kappa shape index (κ2) is 7.16. The van der Waals surface area contributed by atoms with Crippen LogP contribution in [-0.2, 0) is 0 Å². The van der Waals surface area contributed by atoms with Gasteiger partial charge in [-0.25, -0.2) is 0 Å². The molecule has 1 fully saturated rings. The molecule has 1 aliphatic rings. The lowest BCUT2D eigenvalue weighted by Crippen LogP contribution is -2.38. The Balaban J connectivity index is 1.69. The van der Waals surface area contributed by atoms with E-state index in [0.717, 1.165) is 18.4 Å². The summed E-state index contributed by atoms with van der Waals surface area (Å²) in [7, 11) is 0. The molecule has 4 rings (SSSR count). The van der Waals surface area contributed by atoms with Gasteiger partial charge in [-0.05, 0) is 24.5 Å². The molecule has 2 heterocycles. The maximum absolute atomic E-state index is 13.3. The average molecular weight is 374 g/mol. The summed E-state index contributed by atoms with van der Waals surface area (Å²) >= 11 is 0. The van der Waals surface area contributed by atoms with Crippen molar-refractivity contribution < 1.29 is 9.72 Å². The molecule has 2 atom stereocenters. The van der Waals surface area contributed by atoms with Crippen LogP contribution >= 0.6 is 0 Å². The zero-order chi connectivity index (χ0) is 19.7. The van der Waals surface area contributed by atoms with Crippen molar-refractivity contribution in [1.29, 1.82) is 5.26 Å². The van der Waals surface area contributed by atoms with Crippen molar-refractivity contribution in [1.82, 2.24) is 9.88 Å². The fourth-order valence-corrected chi connectivity index (χ4v) is 3.99. The number of nitro groups is 1. The normalized spacial score (nSPS) is 17.4. The van der Waals surface area contributed by atoms with Crippen molar-refractivity contribution in [3.63, 3.8) is 0 Å². The van der Waals surface area contributed by atoms with E-state index in [1.165, 1.54) is 12.1 Å². The molecule has 1 aliphatic heterocycles. The number of fused-ring (bicyclic) bond motifs is 1. The second-order valence-electron chi connectivity index (χ2n) is 6.91. The third-order valence-corrected chi connectivity index (χ3v) is 5.35. The molecule has 0 spiro atoms. The number of non-ortho nitro benzene ring substituents is 1. The SMILES string of the molecule is N#CC(c1ccccc1)C1CCCN1C(=O)c1c[nH]c2ccc([N+](=O)[O-])cc12. The van der Waals surface area contributed by atoms with Gasteiger partial charge in [0.05, 0.1) is 28.5 Å². The third kappa shape index (κ3) is 2.99. The van der Waals surface area contributed by atoms with Gasteiger partial charge in [0.15, 0.2) is 0 Å². The molecular weight excluding hydrogens is 356 g/mol. The van der Waals surface area contributed by atoms with E-state index in [0.29, 0.717) is 23.0 Å². The number of nitriles is 1. The fraction of sp³-hybridized carbons (Fsp3) is 0.238. The predicted octanol–water partition coefficient (Wildman–Crippen LogP) is 3.99. The van der Waals surface area contributed by atoms with Crippen molar-refractivity contribution in [2.45, 2.75) is 24.8 Å². The van der Waals surface area contributed by atoms with E-state index >= 15 is 0 Å². The highest BCUT2D eigenvalue weighted by molar-refractivity contribution is 6.07. The van der Waals surface area contributed by atoms with E-state index in [1.54, 1.807) is 17.2 Å². The van der Waals surface area contributed by atoms with Crippen molar-refractivity contribution in [2.24, 2.45) is 0 Å². The van der Waals surface area contributed by atoms with Gasteiger partial charge in [-0.1, -0.05) is 30.3 Å². The van der Waals surface area contributed by atoms with Crippen LogP contribution in [-0.4, -0.2) is 33.3 Å². The van der Waals surface area contributed by atoms with Gasteiger partial charge in [0.1, 0.15) is 0 Å². The van der Waals surface area contributed by atoms with Crippen LogP contribution in [0.1, 0.15) is 34.7 Å². The number of carbonyl (C=O) groups is 1. The Morgan fingerprint density at radius 2 is 2.07 bits per heavy atom. The van der Waals surface area contributed by atoms with Crippen molar-refractivity contribution in [3.05, 3.63) is 76.0 Å². The number of aromatic amines is 1. The van der Waals surface area contributed by atoms with Crippen molar-refractivity contribution >= 4 is 22.5 Å². The van der Waals surface area contributed by atoms with E-state index in [-0.39, 0.29) is 17.6 Å². The number of hydrogen-bond donors (Lipinski definition) is 1. The molecule has 1 amide bonds. The summed E-state index contributed by atoms with van der Waals surface area (Å²) in [4.78, 5) is 28.7. The summed E-state index contributed by atoms with van der Waals surface area (Å²) in [5.41, 5.74) is 1.91. The summed E-state index contributed by atoms with van der Waals surface area (Å²) in [6, 6.07) is 16.1. The number of carbonyl (C=O) groups excluding carboxylic acids is 1. The molecule has 1 saturated heterocycles. The predicted molar refractivity (Wildman–Crippen MR) is 104 cm³/mol. The van der Waals surface area contributed by atoms with Crippen LogP contribution in [0.5, 0.6) is 0 Å². The number of likely N-dealkylation sites (tertiary alicyclic amines) is 1. The zero-order valence-corrected chi connectivity index (χ0v) is 15.0. The van der Waals surface area contributed by atoms with Gasteiger partial charge in [0, 0.05) is 35.8 Å². The van der Waals surface area contributed by atoms with Gasteiger partial charge in [-0.3, -0.25) is 14.9 Å². The van der Waals surface area contributed by atoms with E-state index in [2.05, 4.69) is 11.1 Å². The standard InChI is InChI=1S/C21H18N4O3/c22-12-17(14-5-2-1-3-6-14)20-7-4-10-24(20)21(26)18-13-23-19-9-8-15(25(27)28)11-16(18)19/h1-3,5-6,8-9,11,13,17,20,23H,4,7,10H2. The third-order valence-electron chi connectivity index (χ3n) is 5.35. The first kappa shape index (κ1) is 17.7. The highest BCUT2D eigenvalue weighted by Crippen LogP contribution is 2.33. The Morgan fingerprint density at radius 3 is 2.79 bits per heavy atom. The monoisotopic (exact) mass is 374 g/mol. The minimum Gasteiger partial charge on any atom is -0.360 e. The van der Waals surface area contributed by atoms with Gasteiger partial charge < -0.3 is 9.88 Å². The molecule has 0 saturated carbocycles. The fourth-order valence-electron chi connectivity index (χ4n) is 3.99. The van der Waals surface area contributed by atoms with Gasteiger partial charge in [-0.15, -0.1) is 0 Å². The maximum atomic E-state index is 13.3. The lowest BCUT2D eigenvalue weighted by Gasteiger charge is -2.28. The number of aromatic nitrogens is 1. The smallest absolute Gasteiger partial charge is 0.270 e. The van der Waals surface area contributed by atoms with E-state index in [4.69, 9.17) is 0 Å². The minimum absolute atomic E-state index is 0.0571. The summed E-state index contributed by atoms with van der Waals surface area (Å²) in [6.07, 6.45) is 3.17. The quantitative estimate of drug-likeness (QED) is 0.551. The first-order valence-corrected chi connectivity index (χ1v) is 9.11. The number of rotatable bonds is 4. The van der Waals surface area contributed by atoms with Crippen LogP contribution in [0.25, 0.3) is 10.9 Å². The van der Waals surface area contributed by atoms with E-state index in [9.17, 15) is 20.2 Å². The van der Waals surface area contributed by atoms with Crippen LogP contribution < -0.4 is 0 Å². The Hall–Kier alpha value is -3.66. The molecule has 2 aromatic carbocycles. The van der Waals surface area contributed by atoms with Crippen LogP contribution in [0.2, 0.25) is 0 Å². The second-order valence-corrected chi connectivity index (χ2v) is 6.91. The average Bonchev–Trinajstić information content (AvgIpc) is 3.36. The molecule has 0 bridgehead atoms. The molecule has 1 N–H and O–H groups in total. The first-order chi connectivity index (χ1) is 13.6. The Morgan fingerprint density at radius 1 is 1.29 bits per heavy atom. The molecule has 140 valence electrons. The van der Waals surface area contributed by atoms with Gasteiger partial charge in [0.2, 0.25) is 0 Å². The molecule has 3 aromatic rings. The lowest BCUT2D eigenvalue weighted by atomic mass is 9.91. The number of nitrogens with zero attached hydrogens (tertiary/aromatic N) is 3. The van der Waals surface area contributed by atoms with Gasteiger partial charge in [-0.2, -0.15) is 5.26 Å². The molecule has 0 radical (unpaired) electrons. The molecule has 0 aliphatic carbocycles.